The van der Waals surface area contributed by atoms with Crippen LogP contribution in [0, 0.1) is 10.1 Å². The molecule has 1 aliphatic heterocycles. The lowest BCUT2D eigenvalue weighted by Gasteiger charge is -2.15. The molecule has 1 aliphatic rings. The molecular weight excluding hydrogens is 508 g/mol. The molecule has 4 rings (SSSR count). The van der Waals surface area contributed by atoms with E-state index in [0.29, 0.717) is 10.6 Å². The zero-order valence-corrected chi connectivity index (χ0v) is 20.0. The lowest BCUT2D eigenvalue weighted by atomic mass is 10.2. The Morgan fingerprint density at radius 2 is 1.72 bits per heavy atom. The number of benzene rings is 3. The number of carbonyl (C=O) groups excluding carboxylic acids is 3. The first kappa shape index (κ1) is 25.0. The molecule has 3 N–H and O–H groups in total. The van der Waals surface area contributed by atoms with Gasteiger partial charge >= 0.3 is 0 Å². The molecule has 1 unspecified atom stereocenters. The number of sulfonamides is 1. The SMILES string of the molecule is NS(=O)(=O)c1ccc(N2C(=O)CC(Sc3ccc(NC(=O)c4cccc([N+](=O)[O-])c4)cc3)C2=O)cc1. The highest BCUT2D eigenvalue weighted by Gasteiger charge is 2.40. The number of anilines is 2. The summed E-state index contributed by atoms with van der Waals surface area (Å²) in [6.45, 7) is 0. The van der Waals surface area contributed by atoms with Crippen LogP contribution in [0.3, 0.4) is 0 Å². The second kappa shape index (κ2) is 9.89. The van der Waals surface area contributed by atoms with Crippen molar-refractivity contribution >= 4 is 56.6 Å². The third-order valence-corrected chi connectivity index (χ3v) is 7.36. The average molecular weight is 527 g/mol. The number of non-ortho nitro benzene ring substituents is 1. The molecule has 184 valence electrons. The lowest BCUT2D eigenvalue weighted by Crippen LogP contribution is -2.31. The summed E-state index contributed by atoms with van der Waals surface area (Å²) in [5.74, 6) is -1.36. The highest BCUT2D eigenvalue weighted by molar-refractivity contribution is 8.00. The van der Waals surface area contributed by atoms with Crippen molar-refractivity contribution in [3.8, 4) is 0 Å². The maximum atomic E-state index is 12.9. The maximum absolute atomic E-state index is 12.9. The predicted molar refractivity (Wildman–Crippen MR) is 132 cm³/mol. The van der Waals surface area contributed by atoms with E-state index in [4.69, 9.17) is 5.14 Å². The number of nitro groups is 1. The molecule has 0 spiro atoms. The normalized spacial score (nSPS) is 15.7. The van der Waals surface area contributed by atoms with Crippen LogP contribution in [0.1, 0.15) is 16.8 Å². The van der Waals surface area contributed by atoms with Gasteiger partial charge in [-0.1, -0.05) is 6.07 Å². The molecule has 1 heterocycles. The summed E-state index contributed by atoms with van der Waals surface area (Å²) < 4.78 is 22.8. The van der Waals surface area contributed by atoms with Gasteiger partial charge in [0.05, 0.1) is 20.8 Å². The molecule has 0 saturated carbocycles. The van der Waals surface area contributed by atoms with Gasteiger partial charge in [-0.2, -0.15) is 0 Å². The molecule has 3 amide bonds. The molecule has 1 saturated heterocycles. The van der Waals surface area contributed by atoms with E-state index in [2.05, 4.69) is 5.32 Å². The molecule has 0 radical (unpaired) electrons. The molecule has 13 heteroatoms. The van der Waals surface area contributed by atoms with Gasteiger partial charge < -0.3 is 5.32 Å². The fourth-order valence-corrected chi connectivity index (χ4v) is 5.07. The second-order valence-corrected chi connectivity index (χ2v) is 10.5. The van der Waals surface area contributed by atoms with Gasteiger partial charge in [-0.25, -0.2) is 18.5 Å². The molecule has 1 atom stereocenters. The van der Waals surface area contributed by atoms with E-state index in [1.165, 1.54) is 60.3 Å². The smallest absolute Gasteiger partial charge is 0.270 e. The minimum atomic E-state index is -3.90. The zero-order chi connectivity index (χ0) is 26.0. The van der Waals surface area contributed by atoms with Crippen molar-refractivity contribution in [2.24, 2.45) is 5.14 Å². The Balaban J connectivity index is 1.41. The predicted octanol–water partition coefficient (Wildman–Crippen LogP) is 2.92. The summed E-state index contributed by atoms with van der Waals surface area (Å²) in [5.41, 5.74) is 0.635. The van der Waals surface area contributed by atoms with Crippen molar-refractivity contribution in [1.29, 1.82) is 0 Å². The van der Waals surface area contributed by atoms with Crippen molar-refractivity contribution in [3.63, 3.8) is 0 Å². The minimum absolute atomic E-state index is 0.0360. The third kappa shape index (κ3) is 5.43. The molecule has 11 nitrogen and oxygen atoms in total. The second-order valence-electron chi connectivity index (χ2n) is 7.70. The summed E-state index contributed by atoms with van der Waals surface area (Å²) in [4.78, 5) is 49.7. The molecule has 3 aromatic rings. The number of thioether (sulfide) groups is 1. The first-order valence-corrected chi connectivity index (χ1v) is 12.8. The Kier molecular flexibility index (Phi) is 6.88. The van der Waals surface area contributed by atoms with Gasteiger partial charge in [0.2, 0.25) is 21.8 Å². The quantitative estimate of drug-likeness (QED) is 0.269. The van der Waals surface area contributed by atoms with Crippen LogP contribution in [-0.4, -0.2) is 36.3 Å². The van der Waals surface area contributed by atoms with Crippen LogP contribution in [0.15, 0.2) is 82.6 Å². The number of nitrogens with two attached hydrogens (primary N) is 1. The number of nitrogens with one attached hydrogen (secondary N) is 1. The van der Waals surface area contributed by atoms with E-state index in [-0.39, 0.29) is 28.3 Å². The van der Waals surface area contributed by atoms with Gasteiger partial charge in [-0.15, -0.1) is 11.8 Å². The number of carbonyl (C=O) groups is 3. The Morgan fingerprint density at radius 1 is 1.06 bits per heavy atom. The molecule has 3 aromatic carbocycles. The number of amides is 3. The van der Waals surface area contributed by atoms with Gasteiger partial charge in [0.25, 0.3) is 11.6 Å². The number of primary sulfonamides is 1. The highest BCUT2D eigenvalue weighted by atomic mass is 32.2. The number of rotatable bonds is 7. The van der Waals surface area contributed by atoms with E-state index in [0.717, 1.165) is 4.90 Å². The van der Waals surface area contributed by atoms with E-state index in [9.17, 15) is 32.9 Å². The number of imide groups is 1. The minimum Gasteiger partial charge on any atom is -0.322 e. The van der Waals surface area contributed by atoms with Crippen LogP contribution in [0.5, 0.6) is 0 Å². The topological polar surface area (TPSA) is 170 Å². The first-order valence-electron chi connectivity index (χ1n) is 10.3. The monoisotopic (exact) mass is 526 g/mol. The number of hydrogen-bond donors (Lipinski definition) is 2. The lowest BCUT2D eigenvalue weighted by molar-refractivity contribution is -0.384. The summed E-state index contributed by atoms with van der Waals surface area (Å²) in [6, 6.07) is 17.1. The Morgan fingerprint density at radius 3 is 2.33 bits per heavy atom. The largest absolute Gasteiger partial charge is 0.322 e. The fraction of sp³-hybridized carbons (Fsp3) is 0.0870. The van der Waals surface area contributed by atoms with Gasteiger partial charge in [-0.05, 0) is 54.6 Å². The summed E-state index contributed by atoms with van der Waals surface area (Å²) in [7, 11) is -3.90. The molecular formula is C23H18N4O7S2. The van der Waals surface area contributed by atoms with E-state index >= 15 is 0 Å². The van der Waals surface area contributed by atoms with Crippen molar-refractivity contribution in [2.45, 2.75) is 21.5 Å². The standard InChI is InChI=1S/C23H18N4O7S2/c24-36(33,34)19-10-6-16(7-11-19)26-21(28)13-20(23(26)30)35-18-8-4-15(5-9-18)25-22(29)14-2-1-3-17(12-14)27(31)32/h1-12,20H,13H2,(H,25,29)(H2,24,33,34). The van der Waals surface area contributed by atoms with Gasteiger partial charge in [0, 0.05) is 34.7 Å². The van der Waals surface area contributed by atoms with Crippen LogP contribution in [0.2, 0.25) is 0 Å². The first-order chi connectivity index (χ1) is 17.0. The van der Waals surface area contributed by atoms with Crippen LogP contribution < -0.4 is 15.4 Å². The van der Waals surface area contributed by atoms with Crippen LogP contribution >= 0.6 is 11.8 Å². The zero-order valence-electron chi connectivity index (χ0n) is 18.4. The number of nitro benzene ring substituents is 1. The Hall–Kier alpha value is -4.07. The third-order valence-electron chi connectivity index (χ3n) is 5.24. The number of hydrogen-bond acceptors (Lipinski definition) is 8. The molecule has 0 aromatic heterocycles. The highest BCUT2D eigenvalue weighted by Crippen LogP contribution is 2.34. The fourth-order valence-electron chi connectivity index (χ4n) is 3.50. The van der Waals surface area contributed by atoms with Crippen molar-refractivity contribution in [3.05, 3.63) is 88.5 Å². The molecule has 36 heavy (non-hydrogen) atoms. The average Bonchev–Trinajstić information content (AvgIpc) is 3.12. The van der Waals surface area contributed by atoms with Gasteiger partial charge in [-0.3, -0.25) is 24.5 Å². The Bertz CT molecular complexity index is 1470. The van der Waals surface area contributed by atoms with E-state index in [1.54, 1.807) is 24.3 Å². The van der Waals surface area contributed by atoms with Crippen LogP contribution in [0.25, 0.3) is 0 Å². The molecule has 1 fully saturated rings. The maximum Gasteiger partial charge on any atom is 0.270 e. The van der Waals surface area contributed by atoms with Crippen LogP contribution in [0.4, 0.5) is 17.1 Å². The van der Waals surface area contributed by atoms with Crippen molar-refractivity contribution < 1.29 is 27.7 Å². The Labute approximate surface area is 209 Å². The van der Waals surface area contributed by atoms with Crippen LogP contribution in [-0.2, 0) is 19.6 Å². The van der Waals surface area contributed by atoms with E-state index in [1.807, 2.05) is 0 Å². The molecule has 0 aliphatic carbocycles. The summed E-state index contributed by atoms with van der Waals surface area (Å²) in [5, 5.41) is 18.0. The number of nitrogens with zero attached hydrogens (tertiary/aromatic N) is 2. The van der Waals surface area contributed by atoms with E-state index < -0.39 is 37.9 Å². The van der Waals surface area contributed by atoms with Gasteiger partial charge in [0.15, 0.2) is 0 Å². The van der Waals surface area contributed by atoms with Gasteiger partial charge in [0.1, 0.15) is 0 Å². The molecule has 0 bridgehead atoms. The summed E-state index contributed by atoms with van der Waals surface area (Å²) >= 11 is 1.18. The summed E-state index contributed by atoms with van der Waals surface area (Å²) in [6.07, 6.45) is -0.0360. The van der Waals surface area contributed by atoms with Crippen molar-refractivity contribution in [2.75, 3.05) is 10.2 Å². The van der Waals surface area contributed by atoms with Crippen molar-refractivity contribution in [1.82, 2.24) is 0 Å².